The van der Waals surface area contributed by atoms with Crippen LogP contribution in [0.3, 0.4) is 0 Å². The number of nitrogens with zero attached hydrogens (tertiary/aromatic N) is 1. The Morgan fingerprint density at radius 3 is 2.85 bits per heavy atom. The molecule has 0 unspecified atom stereocenters. The molecule has 4 heteroatoms. The summed E-state index contributed by atoms with van der Waals surface area (Å²) in [5, 5.41) is 0. The molecule has 0 fully saturated rings. The van der Waals surface area contributed by atoms with Crippen LogP contribution in [0.1, 0.15) is 12.5 Å². The predicted octanol–water partition coefficient (Wildman–Crippen LogP) is 0.421. The zero-order chi connectivity index (χ0) is 9.84. The van der Waals surface area contributed by atoms with Crippen molar-refractivity contribution < 1.29 is 0 Å². The Hall–Kier alpha value is -1.58. The Labute approximate surface area is 75.5 Å². The van der Waals surface area contributed by atoms with E-state index in [1.54, 1.807) is 13.1 Å². The molecule has 0 aromatic carbocycles. The molecule has 70 valence electrons. The SMILES string of the molecule is C/C=C/Cn1cc(C)c(=O)[nH]c1=O. The first-order valence-electron chi connectivity index (χ1n) is 4.06. The molecule has 4 nitrogen and oxygen atoms in total. The van der Waals surface area contributed by atoms with Crippen LogP contribution in [0.25, 0.3) is 0 Å². The third-order valence-electron chi connectivity index (χ3n) is 1.73. The zero-order valence-corrected chi connectivity index (χ0v) is 7.70. The van der Waals surface area contributed by atoms with E-state index in [4.69, 9.17) is 0 Å². The van der Waals surface area contributed by atoms with Crippen LogP contribution < -0.4 is 11.2 Å². The highest BCUT2D eigenvalue weighted by Gasteiger charge is 1.97. The van der Waals surface area contributed by atoms with E-state index in [-0.39, 0.29) is 11.2 Å². The van der Waals surface area contributed by atoms with Crippen molar-refractivity contribution in [1.82, 2.24) is 9.55 Å². The first-order valence-corrected chi connectivity index (χ1v) is 4.06. The number of allylic oxidation sites excluding steroid dienone is 2. The lowest BCUT2D eigenvalue weighted by atomic mass is 10.4. The quantitative estimate of drug-likeness (QED) is 0.670. The van der Waals surface area contributed by atoms with Gasteiger partial charge in [0.2, 0.25) is 0 Å². The monoisotopic (exact) mass is 180 g/mol. The topological polar surface area (TPSA) is 54.9 Å². The molecule has 1 aromatic rings. The van der Waals surface area contributed by atoms with Gasteiger partial charge in [0.25, 0.3) is 5.56 Å². The number of hydrogen-bond donors (Lipinski definition) is 1. The van der Waals surface area contributed by atoms with Crippen LogP contribution in [0.2, 0.25) is 0 Å². The van der Waals surface area contributed by atoms with Gasteiger partial charge in [-0.25, -0.2) is 4.79 Å². The standard InChI is InChI=1S/C9H12N2O2/c1-3-4-5-11-6-7(2)8(12)10-9(11)13/h3-4,6H,5H2,1-2H3,(H,10,12,13)/b4-3+. The van der Waals surface area contributed by atoms with E-state index in [2.05, 4.69) is 4.98 Å². The minimum atomic E-state index is -0.367. The maximum absolute atomic E-state index is 11.2. The second-order valence-electron chi connectivity index (χ2n) is 2.79. The van der Waals surface area contributed by atoms with Crippen molar-refractivity contribution in [3.8, 4) is 0 Å². The van der Waals surface area contributed by atoms with Gasteiger partial charge >= 0.3 is 5.69 Å². The first-order chi connectivity index (χ1) is 6.15. The van der Waals surface area contributed by atoms with Crippen molar-refractivity contribution in [1.29, 1.82) is 0 Å². The minimum absolute atomic E-state index is 0.318. The van der Waals surface area contributed by atoms with Crippen LogP contribution in [-0.4, -0.2) is 9.55 Å². The van der Waals surface area contributed by atoms with Crippen molar-refractivity contribution in [3.05, 3.63) is 44.8 Å². The molecule has 0 atom stereocenters. The van der Waals surface area contributed by atoms with Crippen LogP contribution in [0.15, 0.2) is 27.9 Å². The van der Waals surface area contributed by atoms with Gasteiger partial charge in [0.05, 0.1) is 0 Å². The van der Waals surface area contributed by atoms with Crippen molar-refractivity contribution in [2.24, 2.45) is 0 Å². The highest BCUT2D eigenvalue weighted by Crippen LogP contribution is 1.84. The summed E-state index contributed by atoms with van der Waals surface area (Å²) in [5.41, 5.74) is -0.139. The fourth-order valence-corrected chi connectivity index (χ4v) is 0.973. The number of aromatic amines is 1. The number of rotatable bonds is 2. The summed E-state index contributed by atoms with van der Waals surface area (Å²) < 4.78 is 1.46. The van der Waals surface area contributed by atoms with Crippen LogP contribution in [0, 0.1) is 6.92 Å². The summed E-state index contributed by atoms with van der Waals surface area (Å²) in [6.07, 6.45) is 5.26. The third-order valence-corrected chi connectivity index (χ3v) is 1.73. The number of aryl methyl sites for hydroxylation is 1. The lowest BCUT2D eigenvalue weighted by Crippen LogP contribution is -2.30. The predicted molar refractivity (Wildman–Crippen MR) is 50.9 cm³/mol. The molecule has 0 spiro atoms. The summed E-state index contributed by atoms with van der Waals surface area (Å²) in [7, 11) is 0. The van der Waals surface area contributed by atoms with Crippen LogP contribution in [0.5, 0.6) is 0 Å². The van der Waals surface area contributed by atoms with Gasteiger partial charge in [0, 0.05) is 18.3 Å². The van der Waals surface area contributed by atoms with Crippen LogP contribution in [0.4, 0.5) is 0 Å². The molecule has 0 amide bonds. The van der Waals surface area contributed by atoms with Gasteiger partial charge in [-0.2, -0.15) is 0 Å². The van der Waals surface area contributed by atoms with Gasteiger partial charge in [-0.1, -0.05) is 12.2 Å². The molecule has 0 aliphatic carbocycles. The van der Waals surface area contributed by atoms with Crippen LogP contribution in [-0.2, 0) is 6.54 Å². The largest absolute Gasteiger partial charge is 0.328 e. The molecule has 13 heavy (non-hydrogen) atoms. The summed E-state index contributed by atoms with van der Waals surface area (Å²) in [5.74, 6) is 0. The fraction of sp³-hybridized carbons (Fsp3) is 0.333. The molecular formula is C9H12N2O2. The van der Waals surface area contributed by atoms with Crippen LogP contribution >= 0.6 is 0 Å². The van der Waals surface area contributed by atoms with Gasteiger partial charge in [-0.05, 0) is 13.8 Å². The van der Waals surface area contributed by atoms with Crippen molar-refractivity contribution in [3.63, 3.8) is 0 Å². The van der Waals surface area contributed by atoms with E-state index in [0.29, 0.717) is 12.1 Å². The zero-order valence-electron chi connectivity index (χ0n) is 7.70. The second kappa shape index (κ2) is 3.89. The Kier molecular flexibility index (Phi) is 2.84. The Morgan fingerprint density at radius 1 is 1.54 bits per heavy atom. The van der Waals surface area contributed by atoms with E-state index >= 15 is 0 Å². The molecule has 0 aliphatic heterocycles. The molecular weight excluding hydrogens is 168 g/mol. The van der Waals surface area contributed by atoms with Gasteiger partial charge in [-0.3, -0.25) is 14.3 Å². The molecule has 0 radical (unpaired) electrons. The second-order valence-corrected chi connectivity index (χ2v) is 2.79. The smallest absolute Gasteiger partial charge is 0.297 e. The normalized spacial score (nSPS) is 10.9. The Bertz CT molecular complexity index is 426. The van der Waals surface area contributed by atoms with E-state index in [9.17, 15) is 9.59 Å². The lowest BCUT2D eigenvalue weighted by Gasteiger charge is -2.00. The average molecular weight is 180 g/mol. The average Bonchev–Trinajstić information content (AvgIpc) is 2.09. The summed E-state index contributed by atoms with van der Waals surface area (Å²) in [6.45, 7) is 4.04. The molecule has 0 saturated heterocycles. The van der Waals surface area contributed by atoms with E-state index in [1.165, 1.54) is 4.57 Å². The van der Waals surface area contributed by atoms with E-state index in [1.807, 2.05) is 19.1 Å². The molecule has 1 aromatic heterocycles. The highest BCUT2D eigenvalue weighted by atomic mass is 16.2. The van der Waals surface area contributed by atoms with Crippen molar-refractivity contribution in [2.45, 2.75) is 20.4 Å². The number of hydrogen-bond acceptors (Lipinski definition) is 2. The van der Waals surface area contributed by atoms with Gasteiger partial charge in [-0.15, -0.1) is 0 Å². The summed E-state index contributed by atoms with van der Waals surface area (Å²) >= 11 is 0. The lowest BCUT2D eigenvalue weighted by molar-refractivity contribution is 0.728. The molecule has 1 rings (SSSR count). The maximum Gasteiger partial charge on any atom is 0.328 e. The third kappa shape index (κ3) is 2.18. The highest BCUT2D eigenvalue weighted by molar-refractivity contribution is 5.01. The number of aromatic nitrogens is 2. The minimum Gasteiger partial charge on any atom is -0.297 e. The molecule has 0 aliphatic rings. The van der Waals surface area contributed by atoms with Gasteiger partial charge in [0.15, 0.2) is 0 Å². The van der Waals surface area contributed by atoms with Crippen molar-refractivity contribution in [2.75, 3.05) is 0 Å². The Balaban J connectivity index is 3.16. The first kappa shape index (κ1) is 9.51. The number of nitrogens with one attached hydrogen (secondary N) is 1. The maximum atomic E-state index is 11.2. The molecule has 0 saturated carbocycles. The Morgan fingerprint density at radius 2 is 2.23 bits per heavy atom. The molecule has 0 bridgehead atoms. The summed E-state index contributed by atoms with van der Waals surface area (Å²) in [6, 6.07) is 0. The summed E-state index contributed by atoms with van der Waals surface area (Å²) in [4.78, 5) is 24.4. The fourth-order valence-electron chi connectivity index (χ4n) is 0.973. The molecule has 1 N–H and O–H groups in total. The van der Waals surface area contributed by atoms with Gasteiger partial charge in [0.1, 0.15) is 0 Å². The number of H-pyrrole nitrogens is 1. The van der Waals surface area contributed by atoms with Crippen molar-refractivity contribution >= 4 is 0 Å². The van der Waals surface area contributed by atoms with E-state index < -0.39 is 0 Å². The van der Waals surface area contributed by atoms with Gasteiger partial charge < -0.3 is 0 Å². The molecule has 1 heterocycles. The van der Waals surface area contributed by atoms with E-state index in [0.717, 1.165) is 0 Å².